The lowest BCUT2D eigenvalue weighted by Crippen LogP contribution is -2.17. The fourth-order valence-corrected chi connectivity index (χ4v) is 2.52. The molecule has 12 heavy (non-hydrogen) atoms. The quantitative estimate of drug-likeness (QED) is 0.793. The highest BCUT2D eigenvalue weighted by Gasteiger charge is 2.31. The third-order valence-electron chi connectivity index (χ3n) is 2.35. The zero-order valence-electron chi connectivity index (χ0n) is 7.01. The first-order chi connectivity index (χ1) is 5.81. The highest BCUT2D eigenvalue weighted by molar-refractivity contribution is 7.14. The van der Waals surface area contributed by atoms with Crippen LogP contribution in [0.5, 0.6) is 0 Å². The van der Waals surface area contributed by atoms with Gasteiger partial charge in [0.25, 0.3) is 0 Å². The molecule has 1 aliphatic carbocycles. The number of halogens is 1. The molecule has 0 spiro atoms. The highest BCUT2D eigenvalue weighted by atomic mass is 35.5. The van der Waals surface area contributed by atoms with Crippen molar-refractivity contribution in [1.82, 2.24) is 5.32 Å². The van der Waals surface area contributed by atoms with Crippen LogP contribution in [0.15, 0.2) is 11.4 Å². The summed E-state index contributed by atoms with van der Waals surface area (Å²) < 4.78 is 0.894. The first kappa shape index (κ1) is 8.54. The van der Waals surface area contributed by atoms with Crippen LogP contribution in [0.3, 0.4) is 0 Å². The second-order valence-electron chi connectivity index (χ2n) is 3.29. The van der Waals surface area contributed by atoms with Crippen molar-refractivity contribution < 1.29 is 0 Å². The summed E-state index contributed by atoms with van der Waals surface area (Å²) in [4.78, 5) is 0. The monoisotopic (exact) mass is 201 g/mol. The Morgan fingerprint density at radius 3 is 2.83 bits per heavy atom. The van der Waals surface area contributed by atoms with Crippen LogP contribution < -0.4 is 5.32 Å². The van der Waals surface area contributed by atoms with Gasteiger partial charge in [-0.2, -0.15) is 0 Å². The van der Waals surface area contributed by atoms with Crippen LogP contribution in [0.2, 0.25) is 4.34 Å². The van der Waals surface area contributed by atoms with Gasteiger partial charge in [-0.1, -0.05) is 11.6 Å². The van der Waals surface area contributed by atoms with Gasteiger partial charge < -0.3 is 5.32 Å². The van der Waals surface area contributed by atoms with Crippen molar-refractivity contribution in [2.45, 2.75) is 18.9 Å². The van der Waals surface area contributed by atoms with Crippen molar-refractivity contribution in [1.29, 1.82) is 0 Å². The van der Waals surface area contributed by atoms with E-state index in [0.717, 1.165) is 10.3 Å². The maximum Gasteiger partial charge on any atom is 0.0931 e. The minimum Gasteiger partial charge on any atom is -0.313 e. The Bertz CT molecular complexity index is 267. The van der Waals surface area contributed by atoms with E-state index >= 15 is 0 Å². The molecule has 0 aliphatic heterocycles. The average Bonchev–Trinajstić information content (AvgIpc) is 2.78. The van der Waals surface area contributed by atoms with E-state index in [0.29, 0.717) is 6.04 Å². The van der Waals surface area contributed by atoms with Gasteiger partial charge in [0.1, 0.15) is 0 Å². The van der Waals surface area contributed by atoms with E-state index < -0.39 is 0 Å². The molecule has 1 aromatic heterocycles. The van der Waals surface area contributed by atoms with Gasteiger partial charge >= 0.3 is 0 Å². The van der Waals surface area contributed by atoms with Gasteiger partial charge in [0.2, 0.25) is 0 Å². The minimum absolute atomic E-state index is 0.536. The van der Waals surface area contributed by atoms with Crippen LogP contribution in [-0.2, 0) is 0 Å². The number of rotatable bonds is 3. The van der Waals surface area contributed by atoms with Gasteiger partial charge in [0.05, 0.1) is 4.34 Å². The van der Waals surface area contributed by atoms with Gasteiger partial charge in [0, 0.05) is 6.04 Å². The molecule has 2 rings (SSSR count). The molecule has 1 fully saturated rings. The summed E-state index contributed by atoms with van der Waals surface area (Å²) in [5, 5.41) is 5.50. The maximum atomic E-state index is 5.88. The normalized spacial score (nSPS) is 19.5. The molecule has 1 nitrogen and oxygen atoms in total. The zero-order valence-corrected chi connectivity index (χ0v) is 8.58. The fraction of sp³-hybridized carbons (Fsp3) is 0.556. The summed E-state index contributed by atoms with van der Waals surface area (Å²) in [7, 11) is 2.02. The molecule has 1 heterocycles. The lowest BCUT2D eigenvalue weighted by atomic mass is 10.1. The number of nitrogens with one attached hydrogen (secondary N) is 1. The number of thiophene rings is 1. The molecular weight excluding hydrogens is 190 g/mol. The molecule has 1 unspecified atom stereocenters. The van der Waals surface area contributed by atoms with Crippen molar-refractivity contribution in [3.8, 4) is 0 Å². The Morgan fingerprint density at radius 1 is 1.67 bits per heavy atom. The van der Waals surface area contributed by atoms with Gasteiger partial charge in [0.15, 0.2) is 0 Å². The highest BCUT2D eigenvalue weighted by Crippen LogP contribution is 2.42. The van der Waals surface area contributed by atoms with Crippen molar-refractivity contribution in [2.24, 2.45) is 5.92 Å². The predicted octanol–water partition coefficient (Wildman–Crippen LogP) is 3.07. The summed E-state index contributed by atoms with van der Waals surface area (Å²) in [6.07, 6.45) is 2.72. The van der Waals surface area contributed by atoms with Crippen molar-refractivity contribution in [2.75, 3.05) is 7.05 Å². The van der Waals surface area contributed by atoms with E-state index in [1.54, 1.807) is 11.3 Å². The lowest BCUT2D eigenvalue weighted by molar-refractivity contribution is 0.530. The van der Waals surface area contributed by atoms with Gasteiger partial charge in [-0.25, -0.2) is 0 Å². The van der Waals surface area contributed by atoms with Crippen LogP contribution in [0, 0.1) is 5.92 Å². The Morgan fingerprint density at radius 2 is 2.42 bits per heavy atom. The van der Waals surface area contributed by atoms with Crippen molar-refractivity contribution in [3.63, 3.8) is 0 Å². The van der Waals surface area contributed by atoms with Gasteiger partial charge in [-0.05, 0) is 42.8 Å². The topological polar surface area (TPSA) is 12.0 Å². The number of hydrogen-bond donors (Lipinski definition) is 1. The third-order valence-corrected chi connectivity index (χ3v) is 3.46. The molecular formula is C9H12ClNS. The van der Waals surface area contributed by atoms with E-state index in [9.17, 15) is 0 Å². The smallest absolute Gasteiger partial charge is 0.0931 e. The molecule has 1 aromatic rings. The summed E-state index contributed by atoms with van der Waals surface area (Å²) in [5.74, 6) is 0.848. The van der Waals surface area contributed by atoms with Gasteiger partial charge in [-0.3, -0.25) is 0 Å². The molecule has 0 bridgehead atoms. The van der Waals surface area contributed by atoms with Crippen molar-refractivity contribution in [3.05, 3.63) is 21.3 Å². The lowest BCUT2D eigenvalue weighted by Gasteiger charge is -2.12. The Labute approximate surface area is 81.7 Å². The van der Waals surface area contributed by atoms with Crippen LogP contribution in [0.25, 0.3) is 0 Å². The Balaban J connectivity index is 2.15. The predicted molar refractivity (Wildman–Crippen MR) is 53.9 cm³/mol. The second-order valence-corrected chi connectivity index (χ2v) is 4.83. The minimum atomic E-state index is 0.536. The van der Waals surface area contributed by atoms with Crippen molar-refractivity contribution >= 4 is 22.9 Å². The molecule has 0 aromatic carbocycles. The summed E-state index contributed by atoms with van der Waals surface area (Å²) in [6, 6.07) is 2.61. The first-order valence-corrected chi connectivity index (χ1v) is 5.48. The first-order valence-electron chi connectivity index (χ1n) is 4.22. The molecule has 1 N–H and O–H groups in total. The summed E-state index contributed by atoms with van der Waals surface area (Å²) in [5.41, 5.74) is 1.36. The molecule has 66 valence electrons. The molecule has 1 atom stereocenters. The van der Waals surface area contributed by atoms with E-state index in [2.05, 4.69) is 16.8 Å². The standard InChI is InChI=1S/C9H12ClNS/c1-11-9(6-2-3-6)7-4-8(10)12-5-7/h4-6,9,11H,2-3H2,1H3. The fourth-order valence-electron chi connectivity index (χ4n) is 1.59. The number of hydrogen-bond acceptors (Lipinski definition) is 2. The second kappa shape index (κ2) is 3.36. The third kappa shape index (κ3) is 1.65. The van der Waals surface area contributed by atoms with E-state index in [4.69, 9.17) is 11.6 Å². The molecule has 0 amide bonds. The van der Waals surface area contributed by atoms with Gasteiger partial charge in [-0.15, -0.1) is 11.3 Å². The average molecular weight is 202 g/mol. The molecule has 3 heteroatoms. The van der Waals surface area contributed by atoms with Crippen LogP contribution in [0.4, 0.5) is 0 Å². The molecule has 0 radical (unpaired) electrons. The summed E-state index contributed by atoms with van der Waals surface area (Å²) in [6.45, 7) is 0. The van der Waals surface area contributed by atoms with E-state index in [1.165, 1.54) is 18.4 Å². The molecule has 0 saturated heterocycles. The molecule has 1 saturated carbocycles. The SMILES string of the molecule is CNC(c1csc(Cl)c1)C1CC1. The zero-order chi connectivity index (χ0) is 8.55. The largest absolute Gasteiger partial charge is 0.313 e. The Hall–Kier alpha value is -0.0500. The van der Waals surface area contributed by atoms with Crippen LogP contribution in [-0.4, -0.2) is 7.05 Å². The van der Waals surface area contributed by atoms with Crippen LogP contribution >= 0.6 is 22.9 Å². The Kier molecular flexibility index (Phi) is 2.40. The van der Waals surface area contributed by atoms with Crippen LogP contribution in [0.1, 0.15) is 24.4 Å². The van der Waals surface area contributed by atoms with E-state index in [1.807, 2.05) is 7.05 Å². The van der Waals surface area contributed by atoms with E-state index in [-0.39, 0.29) is 0 Å². The maximum absolute atomic E-state index is 5.88. The molecule has 1 aliphatic rings. The summed E-state index contributed by atoms with van der Waals surface area (Å²) >= 11 is 7.50.